The zero-order chi connectivity index (χ0) is 9.19. The van der Waals surface area contributed by atoms with Gasteiger partial charge in [0.05, 0.1) is 0 Å². The van der Waals surface area contributed by atoms with E-state index in [1.165, 1.54) is 0 Å². The lowest BCUT2D eigenvalue weighted by Crippen LogP contribution is -2.25. The molecule has 0 N–H and O–H groups in total. The number of rotatable bonds is 2. The Morgan fingerprint density at radius 3 is 2.58 bits per heavy atom. The summed E-state index contributed by atoms with van der Waals surface area (Å²) in [5, 5.41) is 0. The summed E-state index contributed by atoms with van der Waals surface area (Å²) in [6.45, 7) is 0.748. The summed E-state index contributed by atoms with van der Waals surface area (Å²) in [5.41, 5.74) is 0. The van der Waals surface area contributed by atoms with Gasteiger partial charge in [-0.25, -0.2) is 0 Å². The van der Waals surface area contributed by atoms with Crippen molar-refractivity contribution < 1.29 is 22.7 Å². The van der Waals surface area contributed by atoms with E-state index in [4.69, 9.17) is 4.74 Å². The van der Waals surface area contributed by atoms with E-state index in [1.807, 2.05) is 0 Å². The van der Waals surface area contributed by atoms with E-state index in [-0.39, 0.29) is 12.5 Å². The quantitative estimate of drug-likeness (QED) is 0.647. The molecule has 2 nitrogen and oxygen atoms in total. The molecule has 0 aromatic carbocycles. The van der Waals surface area contributed by atoms with Crippen molar-refractivity contribution >= 4 is 5.78 Å². The zero-order valence-corrected chi connectivity index (χ0v) is 6.36. The van der Waals surface area contributed by atoms with Crippen molar-refractivity contribution in [3.05, 3.63) is 0 Å². The molecule has 0 amide bonds. The molecule has 5 heteroatoms. The largest absolute Gasteiger partial charge is 0.449 e. The average Bonchev–Trinajstić information content (AvgIpc) is 2.37. The van der Waals surface area contributed by atoms with Gasteiger partial charge < -0.3 is 4.74 Å². The molecule has 0 aromatic heterocycles. The molecule has 1 aliphatic rings. The first kappa shape index (κ1) is 9.51. The lowest BCUT2D eigenvalue weighted by atomic mass is 10.0. The van der Waals surface area contributed by atoms with Gasteiger partial charge in [-0.2, -0.15) is 13.2 Å². The van der Waals surface area contributed by atoms with Gasteiger partial charge in [0.25, 0.3) is 0 Å². The third-order valence-electron chi connectivity index (χ3n) is 1.81. The van der Waals surface area contributed by atoms with Crippen LogP contribution in [0.4, 0.5) is 13.2 Å². The van der Waals surface area contributed by atoms with Crippen LogP contribution < -0.4 is 0 Å². The predicted octanol–water partition coefficient (Wildman–Crippen LogP) is 1.54. The number of carbonyl (C=O) groups is 1. The highest BCUT2D eigenvalue weighted by molar-refractivity contribution is 5.84. The van der Waals surface area contributed by atoms with Crippen LogP contribution in [0, 0.1) is 5.92 Å². The maximum absolute atomic E-state index is 11.7. The third kappa shape index (κ3) is 2.48. The van der Waals surface area contributed by atoms with Crippen LogP contribution in [-0.4, -0.2) is 25.2 Å². The molecule has 0 aromatic rings. The lowest BCUT2D eigenvalue weighted by molar-refractivity contribution is -0.172. The van der Waals surface area contributed by atoms with E-state index in [0.717, 1.165) is 0 Å². The number of Topliss-reactive ketones (excluding diaryl/α,β-unsaturated/α-hetero) is 1. The van der Waals surface area contributed by atoms with Crippen molar-refractivity contribution in [3.63, 3.8) is 0 Å². The third-order valence-corrected chi connectivity index (χ3v) is 1.81. The fourth-order valence-corrected chi connectivity index (χ4v) is 1.12. The van der Waals surface area contributed by atoms with Crippen LogP contribution in [0.3, 0.4) is 0 Å². The molecule has 1 saturated heterocycles. The highest BCUT2D eigenvalue weighted by Gasteiger charge is 2.39. The Balaban J connectivity index is 2.35. The van der Waals surface area contributed by atoms with Crippen LogP contribution in [0.25, 0.3) is 0 Å². The minimum atomic E-state index is -4.68. The maximum Gasteiger partial charge on any atom is 0.449 e. The zero-order valence-electron chi connectivity index (χ0n) is 6.36. The van der Waals surface area contributed by atoms with Gasteiger partial charge in [-0.1, -0.05) is 0 Å². The maximum atomic E-state index is 11.7. The first-order valence-electron chi connectivity index (χ1n) is 3.68. The van der Waals surface area contributed by atoms with E-state index in [2.05, 4.69) is 0 Å². The van der Waals surface area contributed by atoms with Crippen molar-refractivity contribution in [2.45, 2.75) is 19.0 Å². The monoisotopic (exact) mass is 182 g/mol. The Bertz CT molecular complexity index is 170. The van der Waals surface area contributed by atoms with Gasteiger partial charge >= 0.3 is 6.18 Å². The molecule has 0 saturated carbocycles. The summed E-state index contributed by atoms with van der Waals surface area (Å²) in [4.78, 5) is 10.4. The first-order valence-corrected chi connectivity index (χ1v) is 3.68. The normalized spacial score (nSPS) is 24.4. The predicted molar refractivity (Wildman–Crippen MR) is 34.6 cm³/mol. The molecular formula is C7H9F3O2. The van der Waals surface area contributed by atoms with Crippen molar-refractivity contribution in [2.75, 3.05) is 13.2 Å². The van der Waals surface area contributed by atoms with Gasteiger partial charge in [-0.3, -0.25) is 4.79 Å². The van der Waals surface area contributed by atoms with Crippen molar-refractivity contribution in [1.82, 2.24) is 0 Å². The smallest absolute Gasteiger partial charge is 0.381 e. The molecule has 1 heterocycles. The van der Waals surface area contributed by atoms with E-state index < -0.39 is 18.4 Å². The second kappa shape index (κ2) is 3.43. The number of hydrogen-bond acceptors (Lipinski definition) is 2. The van der Waals surface area contributed by atoms with Crippen LogP contribution in [0.15, 0.2) is 0 Å². The number of hydrogen-bond donors (Lipinski definition) is 0. The van der Waals surface area contributed by atoms with Crippen LogP contribution in [0.2, 0.25) is 0 Å². The van der Waals surface area contributed by atoms with E-state index in [1.54, 1.807) is 0 Å². The Morgan fingerprint density at radius 2 is 2.17 bits per heavy atom. The molecule has 0 bridgehead atoms. The summed E-state index contributed by atoms with van der Waals surface area (Å²) < 4.78 is 40.0. The molecular weight excluding hydrogens is 173 g/mol. The molecule has 0 aliphatic carbocycles. The average molecular weight is 182 g/mol. The van der Waals surface area contributed by atoms with Gasteiger partial charge in [-0.15, -0.1) is 0 Å². The first-order chi connectivity index (χ1) is 5.50. The molecule has 1 unspecified atom stereocenters. The van der Waals surface area contributed by atoms with E-state index in [9.17, 15) is 18.0 Å². The Labute approximate surface area is 67.7 Å². The number of carbonyl (C=O) groups excluding carboxylic acids is 1. The fourth-order valence-electron chi connectivity index (χ4n) is 1.12. The minimum Gasteiger partial charge on any atom is -0.381 e. The van der Waals surface area contributed by atoms with Gasteiger partial charge in [-0.05, 0) is 12.3 Å². The summed E-state index contributed by atoms with van der Waals surface area (Å²) >= 11 is 0. The van der Waals surface area contributed by atoms with Crippen LogP contribution in [0.1, 0.15) is 12.8 Å². The highest BCUT2D eigenvalue weighted by atomic mass is 19.4. The van der Waals surface area contributed by atoms with Crippen molar-refractivity contribution in [2.24, 2.45) is 5.92 Å². The molecule has 12 heavy (non-hydrogen) atoms. The molecule has 0 spiro atoms. The Kier molecular flexibility index (Phi) is 2.72. The number of halogens is 3. The molecule has 1 rings (SSSR count). The molecule has 1 aliphatic heterocycles. The minimum absolute atomic E-state index is 0.237. The Hall–Kier alpha value is -0.580. The number of ether oxygens (including phenoxy) is 1. The van der Waals surface area contributed by atoms with Crippen molar-refractivity contribution in [1.29, 1.82) is 0 Å². The van der Waals surface area contributed by atoms with E-state index >= 15 is 0 Å². The summed E-state index contributed by atoms with van der Waals surface area (Å²) in [6.07, 6.45) is -4.55. The highest BCUT2D eigenvalue weighted by Crippen LogP contribution is 2.24. The topological polar surface area (TPSA) is 26.3 Å². The SMILES string of the molecule is O=C(CC1CCOC1)C(F)(F)F. The standard InChI is InChI=1S/C7H9F3O2/c8-7(9,10)6(11)3-5-1-2-12-4-5/h5H,1-4H2. The number of ketones is 1. The molecule has 1 atom stereocenters. The van der Waals surface area contributed by atoms with Gasteiger partial charge in [0.15, 0.2) is 0 Å². The van der Waals surface area contributed by atoms with Crippen LogP contribution in [-0.2, 0) is 9.53 Å². The van der Waals surface area contributed by atoms with Crippen LogP contribution in [0.5, 0.6) is 0 Å². The molecule has 1 fully saturated rings. The van der Waals surface area contributed by atoms with Crippen molar-refractivity contribution in [3.8, 4) is 0 Å². The van der Waals surface area contributed by atoms with E-state index in [0.29, 0.717) is 13.0 Å². The summed E-state index contributed by atoms with van der Waals surface area (Å²) in [7, 11) is 0. The fraction of sp³-hybridized carbons (Fsp3) is 0.857. The second-order valence-electron chi connectivity index (χ2n) is 2.85. The van der Waals surface area contributed by atoms with Gasteiger partial charge in [0.2, 0.25) is 5.78 Å². The molecule has 0 radical (unpaired) electrons. The lowest BCUT2D eigenvalue weighted by Gasteiger charge is -2.08. The second-order valence-corrected chi connectivity index (χ2v) is 2.85. The van der Waals surface area contributed by atoms with Crippen LogP contribution >= 0.6 is 0 Å². The van der Waals surface area contributed by atoms with Gasteiger partial charge in [0, 0.05) is 19.6 Å². The number of alkyl halides is 3. The molecule has 70 valence electrons. The Morgan fingerprint density at radius 1 is 1.50 bits per heavy atom. The summed E-state index contributed by atoms with van der Waals surface area (Å²) in [6, 6.07) is 0. The van der Waals surface area contributed by atoms with Gasteiger partial charge in [0.1, 0.15) is 0 Å². The summed E-state index contributed by atoms with van der Waals surface area (Å²) in [5.74, 6) is -1.88.